The van der Waals surface area contributed by atoms with Crippen molar-refractivity contribution >= 4 is 11.8 Å². The Morgan fingerprint density at radius 3 is 2.26 bits per heavy atom. The Labute approximate surface area is 198 Å². The van der Waals surface area contributed by atoms with Gasteiger partial charge in [0.25, 0.3) is 0 Å². The van der Waals surface area contributed by atoms with E-state index < -0.39 is 13.2 Å². The average Bonchev–Trinajstić information content (AvgIpc) is 3.21. The van der Waals surface area contributed by atoms with Crippen LogP contribution in [0.1, 0.15) is 30.7 Å². The molecule has 0 radical (unpaired) electrons. The smallest absolute Gasteiger partial charge is 0.387 e. The van der Waals surface area contributed by atoms with Gasteiger partial charge in [0.05, 0.1) is 6.54 Å². The lowest BCUT2D eigenvalue weighted by Crippen LogP contribution is -2.30. The highest BCUT2D eigenvalue weighted by Gasteiger charge is 2.20. The maximum absolute atomic E-state index is 12.8. The molecule has 1 aliphatic heterocycles. The fourth-order valence-corrected chi connectivity index (χ4v) is 4.79. The van der Waals surface area contributed by atoms with E-state index in [1.54, 1.807) is 30.3 Å². The van der Waals surface area contributed by atoms with Crippen LogP contribution in [-0.4, -0.2) is 46.0 Å². The number of hydrogen-bond donors (Lipinski definition) is 0. The third kappa shape index (κ3) is 6.41. The summed E-state index contributed by atoms with van der Waals surface area (Å²) in [5, 5.41) is 9.29. The number of benzene rings is 2. The van der Waals surface area contributed by atoms with Crippen LogP contribution >= 0.6 is 11.8 Å². The lowest BCUT2D eigenvalue weighted by molar-refractivity contribution is -0.0508. The lowest BCUT2D eigenvalue weighted by atomic mass is 10.1. The minimum absolute atomic E-state index is 0.0525. The van der Waals surface area contributed by atoms with E-state index in [9.17, 15) is 17.6 Å². The van der Waals surface area contributed by atoms with Crippen LogP contribution in [0.2, 0.25) is 0 Å². The Balaban J connectivity index is 1.59. The van der Waals surface area contributed by atoms with Gasteiger partial charge in [-0.3, -0.25) is 9.47 Å². The molecular weight excluding hydrogens is 472 g/mol. The summed E-state index contributed by atoms with van der Waals surface area (Å²) in [4.78, 5) is 2.30. The molecule has 0 aliphatic carbocycles. The first-order valence-electron chi connectivity index (χ1n) is 10.9. The molecule has 11 heteroatoms. The van der Waals surface area contributed by atoms with Crippen LogP contribution in [0, 0.1) is 0 Å². The fourth-order valence-electron chi connectivity index (χ4n) is 3.83. The van der Waals surface area contributed by atoms with Gasteiger partial charge >= 0.3 is 13.2 Å². The van der Waals surface area contributed by atoms with E-state index in [1.807, 2.05) is 4.57 Å². The summed E-state index contributed by atoms with van der Waals surface area (Å²) < 4.78 is 61.6. The number of rotatable bonds is 10. The molecule has 1 saturated heterocycles. The molecular formula is C23H24F4N4O2S. The highest BCUT2D eigenvalue weighted by molar-refractivity contribution is 7.98. The zero-order chi connectivity index (χ0) is 23.9. The number of hydrogen-bond acceptors (Lipinski definition) is 6. The van der Waals surface area contributed by atoms with Crippen LogP contribution in [0.25, 0.3) is 5.69 Å². The summed E-state index contributed by atoms with van der Waals surface area (Å²) in [6, 6.07) is 12.9. The second-order valence-corrected chi connectivity index (χ2v) is 8.66. The van der Waals surface area contributed by atoms with Crippen LogP contribution < -0.4 is 9.47 Å². The molecule has 0 amide bonds. The molecule has 0 spiro atoms. The monoisotopic (exact) mass is 496 g/mol. The molecule has 4 rings (SSSR count). The van der Waals surface area contributed by atoms with E-state index in [1.165, 1.54) is 36.4 Å². The first-order valence-corrected chi connectivity index (χ1v) is 11.9. The van der Waals surface area contributed by atoms with Gasteiger partial charge in [-0.2, -0.15) is 17.6 Å². The Morgan fingerprint density at radius 2 is 1.56 bits per heavy atom. The van der Waals surface area contributed by atoms with Gasteiger partial charge in [0.1, 0.15) is 11.5 Å². The number of alkyl halides is 4. The molecule has 3 aromatic rings. The van der Waals surface area contributed by atoms with E-state index in [2.05, 4.69) is 24.6 Å². The molecule has 0 atom stereocenters. The minimum atomic E-state index is -2.92. The zero-order valence-electron chi connectivity index (χ0n) is 18.2. The molecule has 6 nitrogen and oxygen atoms in total. The van der Waals surface area contributed by atoms with Gasteiger partial charge in [-0.1, -0.05) is 36.4 Å². The zero-order valence-corrected chi connectivity index (χ0v) is 19.1. The van der Waals surface area contributed by atoms with E-state index in [0.717, 1.165) is 25.9 Å². The number of piperidine rings is 1. The Bertz CT molecular complexity index is 1060. The number of aromatic nitrogens is 3. The molecule has 34 heavy (non-hydrogen) atoms. The maximum atomic E-state index is 12.8. The quantitative estimate of drug-likeness (QED) is 0.263. The Hall–Kier alpha value is -2.79. The largest absolute Gasteiger partial charge is 0.435 e. The third-order valence-electron chi connectivity index (χ3n) is 5.38. The molecule has 1 aliphatic rings. The highest BCUT2D eigenvalue weighted by Crippen LogP contribution is 2.31. The minimum Gasteiger partial charge on any atom is -0.435 e. The van der Waals surface area contributed by atoms with Crippen molar-refractivity contribution in [1.82, 2.24) is 19.7 Å². The summed E-state index contributed by atoms with van der Waals surface area (Å²) in [6.45, 7) is -3.30. The van der Waals surface area contributed by atoms with Gasteiger partial charge < -0.3 is 9.47 Å². The maximum Gasteiger partial charge on any atom is 0.387 e. The van der Waals surface area contributed by atoms with Gasteiger partial charge in [-0.05, 0) is 56.3 Å². The summed E-state index contributed by atoms with van der Waals surface area (Å²) in [5.74, 6) is 1.20. The van der Waals surface area contributed by atoms with Crippen LogP contribution in [0.5, 0.6) is 11.5 Å². The van der Waals surface area contributed by atoms with E-state index in [4.69, 9.17) is 0 Å². The summed E-state index contributed by atoms with van der Waals surface area (Å²) >= 11 is 1.33. The van der Waals surface area contributed by atoms with E-state index in [0.29, 0.717) is 34.5 Å². The molecule has 1 aromatic heterocycles. The SMILES string of the molecule is FC(F)Oc1ccc(-n2c(CN3CCCCC3)nnc2SCc2ccccc2OC(F)F)cc1. The molecule has 0 bridgehead atoms. The van der Waals surface area contributed by atoms with Crippen molar-refractivity contribution in [1.29, 1.82) is 0 Å². The lowest BCUT2D eigenvalue weighted by Gasteiger charge is -2.26. The topological polar surface area (TPSA) is 52.4 Å². The van der Waals surface area contributed by atoms with Crippen molar-refractivity contribution in [3.63, 3.8) is 0 Å². The normalized spacial score (nSPS) is 14.6. The molecule has 1 fully saturated rings. The second kappa shape index (κ2) is 11.6. The Morgan fingerprint density at radius 1 is 0.853 bits per heavy atom. The number of ether oxygens (including phenoxy) is 2. The molecule has 0 saturated carbocycles. The number of likely N-dealkylation sites (tertiary alicyclic amines) is 1. The van der Waals surface area contributed by atoms with Gasteiger partial charge in [0, 0.05) is 17.0 Å². The fraction of sp³-hybridized carbons (Fsp3) is 0.391. The van der Waals surface area contributed by atoms with Crippen LogP contribution in [0.3, 0.4) is 0 Å². The number of halogens is 4. The van der Waals surface area contributed by atoms with E-state index >= 15 is 0 Å². The van der Waals surface area contributed by atoms with Crippen LogP contribution in [0.15, 0.2) is 53.7 Å². The molecule has 182 valence electrons. The van der Waals surface area contributed by atoms with Crippen LogP contribution in [0.4, 0.5) is 17.6 Å². The van der Waals surface area contributed by atoms with E-state index in [-0.39, 0.29) is 11.5 Å². The number of thioether (sulfide) groups is 1. The first-order chi connectivity index (χ1) is 16.5. The molecule has 0 N–H and O–H groups in total. The number of para-hydroxylation sites is 1. The second-order valence-electron chi connectivity index (χ2n) is 7.72. The predicted octanol–water partition coefficient (Wildman–Crippen LogP) is 5.75. The standard InChI is InChI=1S/C23H24F4N4O2S/c24-21(25)32-18-10-8-17(9-11-18)31-20(14-30-12-4-1-5-13-30)28-29-23(31)34-15-16-6-2-3-7-19(16)33-22(26)27/h2-3,6-11,21-22H,1,4-5,12-15H2. The molecule has 2 aromatic carbocycles. The molecule has 2 heterocycles. The van der Waals surface area contributed by atoms with Crippen molar-refractivity contribution in [2.24, 2.45) is 0 Å². The number of nitrogens with zero attached hydrogens (tertiary/aromatic N) is 4. The molecule has 0 unspecified atom stereocenters. The van der Waals surface area contributed by atoms with Crippen LogP contribution in [-0.2, 0) is 12.3 Å². The van der Waals surface area contributed by atoms with Crippen molar-refractivity contribution < 1.29 is 27.0 Å². The average molecular weight is 497 g/mol. The van der Waals surface area contributed by atoms with Crippen molar-refractivity contribution in [3.05, 3.63) is 59.9 Å². The van der Waals surface area contributed by atoms with Crippen molar-refractivity contribution in [3.8, 4) is 17.2 Å². The predicted molar refractivity (Wildman–Crippen MR) is 120 cm³/mol. The van der Waals surface area contributed by atoms with Crippen molar-refractivity contribution in [2.45, 2.75) is 49.9 Å². The van der Waals surface area contributed by atoms with Crippen molar-refractivity contribution in [2.75, 3.05) is 13.1 Å². The Kier molecular flexibility index (Phi) is 8.28. The van der Waals surface area contributed by atoms with Gasteiger partial charge in [0.2, 0.25) is 0 Å². The third-order valence-corrected chi connectivity index (χ3v) is 6.36. The highest BCUT2D eigenvalue weighted by atomic mass is 32.2. The first kappa shape index (κ1) is 24.3. The summed E-state index contributed by atoms with van der Waals surface area (Å²) in [6.07, 6.45) is 3.45. The summed E-state index contributed by atoms with van der Waals surface area (Å²) in [5.41, 5.74) is 1.29. The van der Waals surface area contributed by atoms with Gasteiger partial charge in [-0.25, -0.2) is 0 Å². The summed E-state index contributed by atoms with van der Waals surface area (Å²) in [7, 11) is 0. The van der Waals surface area contributed by atoms with Gasteiger partial charge in [0.15, 0.2) is 11.0 Å². The van der Waals surface area contributed by atoms with Gasteiger partial charge in [-0.15, -0.1) is 10.2 Å².